The third-order valence-electron chi connectivity index (χ3n) is 6.65. The Morgan fingerprint density at radius 2 is 1.73 bits per heavy atom. The van der Waals surface area contributed by atoms with Gasteiger partial charge in [0.25, 0.3) is 0 Å². The quantitative estimate of drug-likeness (QED) is 0.349. The molecule has 4 heteroatoms. The van der Waals surface area contributed by atoms with Crippen molar-refractivity contribution in [3.63, 3.8) is 0 Å². The number of hydrogen-bond acceptors (Lipinski definition) is 3. The van der Waals surface area contributed by atoms with Crippen LogP contribution in [0.3, 0.4) is 0 Å². The Balaban J connectivity index is 1.54. The Kier molecular flexibility index (Phi) is 7.39. The third kappa shape index (κ3) is 5.25. The Labute approximate surface area is 203 Å². The van der Waals surface area contributed by atoms with Crippen LogP contribution in [0.2, 0.25) is 5.02 Å². The summed E-state index contributed by atoms with van der Waals surface area (Å²) >= 11 is 6.66. The van der Waals surface area contributed by atoms with Gasteiger partial charge in [-0.2, -0.15) is 0 Å². The molecular weight excluding hydrogens is 426 g/mol. The van der Waals surface area contributed by atoms with Crippen LogP contribution in [0.15, 0.2) is 67.4 Å². The number of aromatic nitrogens is 1. The SMILES string of the molecule is C=C(CCCC)N1CCN(C(=C)c2ccc3c(Cl)cc(-c4cccc(CC)c4)nc3c2)CC1. The molecule has 0 unspecified atom stereocenters. The van der Waals surface area contributed by atoms with Gasteiger partial charge in [0, 0.05) is 48.5 Å². The van der Waals surface area contributed by atoms with E-state index in [2.05, 4.69) is 79.3 Å². The van der Waals surface area contributed by atoms with Crippen LogP contribution in [0.4, 0.5) is 0 Å². The number of unbranched alkanes of at least 4 members (excludes halogenated alkanes) is 1. The van der Waals surface area contributed by atoms with Crippen LogP contribution in [-0.2, 0) is 6.42 Å². The molecular formula is C29H34ClN3. The van der Waals surface area contributed by atoms with E-state index in [0.717, 1.165) is 77.5 Å². The minimum atomic E-state index is 0.730. The molecule has 0 radical (unpaired) electrons. The highest BCUT2D eigenvalue weighted by atomic mass is 35.5. The summed E-state index contributed by atoms with van der Waals surface area (Å²) < 4.78 is 0. The number of benzene rings is 2. The van der Waals surface area contributed by atoms with E-state index in [-0.39, 0.29) is 0 Å². The molecule has 2 heterocycles. The van der Waals surface area contributed by atoms with Gasteiger partial charge in [-0.1, -0.05) is 75.4 Å². The maximum atomic E-state index is 6.66. The van der Waals surface area contributed by atoms with Crippen LogP contribution in [0, 0.1) is 0 Å². The van der Waals surface area contributed by atoms with Crippen molar-refractivity contribution in [2.75, 3.05) is 26.2 Å². The van der Waals surface area contributed by atoms with Crippen molar-refractivity contribution >= 4 is 28.2 Å². The first-order valence-electron chi connectivity index (χ1n) is 12.1. The summed E-state index contributed by atoms with van der Waals surface area (Å²) in [4.78, 5) is 9.77. The number of allylic oxidation sites excluding steroid dienone is 1. The number of aryl methyl sites for hydroxylation is 1. The molecule has 0 saturated carbocycles. The molecule has 0 N–H and O–H groups in total. The highest BCUT2D eigenvalue weighted by molar-refractivity contribution is 6.35. The number of hydrogen-bond donors (Lipinski definition) is 0. The number of nitrogens with zero attached hydrogens (tertiary/aromatic N) is 3. The summed E-state index contributed by atoms with van der Waals surface area (Å²) in [5.74, 6) is 0. The zero-order chi connectivity index (χ0) is 23.4. The third-order valence-corrected chi connectivity index (χ3v) is 6.96. The summed E-state index contributed by atoms with van der Waals surface area (Å²) in [5.41, 5.74) is 7.63. The van der Waals surface area contributed by atoms with Gasteiger partial charge in [-0.25, -0.2) is 4.98 Å². The molecule has 1 aliphatic rings. The highest BCUT2D eigenvalue weighted by Gasteiger charge is 2.20. The molecule has 0 amide bonds. The van der Waals surface area contributed by atoms with E-state index in [0.29, 0.717) is 0 Å². The summed E-state index contributed by atoms with van der Waals surface area (Å²) in [6.45, 7) is 17.0. The van der Waals surface area contributed by atoms with Crippen LogP contribution in [0.25, 0.3) is 27.9 Å². The monoisotopic (exact) mass is 459 g/mol. The van der Waals surface area contributed by atoms with Gasteiger partial charge in [0.05, 0.1) is 16.2 Å². The van der Waals surface area contributed by atoms with E-state index in [9.17, 15) is 0 Å². The molecule has 0 atom stereocenters. The van der Waals surface area contributed by atoms with Crippen LogP contribution < -0.4 is 0 Å². The molecule has 2 aromatic carbocycles. The summed E-state index contributed by atoms with van der Waals surface area (Å²) in [6, 6.07) is 16.8. The number of halogens is 1. The van der Waals surface area contributed by atoms with E-state index in [1.165, 1.54) is 24.1 Å². The Morgan fingerprint density at radius 3 is 2.45 bits per heavy atom. The summed E-state index contributed by atoms with van der Waals surface area (Å²) in [6.07, 6.45) is 4.51. The van der Waals surface area contributed by atoms with Gasteiger partial charge < -0.3 is 9.80 Å². The molecule has 0 spiro atoms. The van der Waals surface area contributed by atoms with E-state index in [1.54, 1.807) is 0 Å². The molecule has 3 aromatic rings. The Hall–Kier alpha value is -2.78. The molecule has 1 saturated heterocycles. The lowest BCUT2D eigenvalue weighted by Gasteiger charge is -2.39. The molecule has 0 bridgehead atoms. The van der Waals surface area contributed by atoms with Crippen LogP contribution in [0.5, 0.6) is 0 Å². The number of rotatable bonds is 8. The van der Waals surface area contributed by atoms with Gasteiger partial charge >= 0.3 is 0 Å². The zero-order valence-corrected chi connectivity index (χ0v) is 20.7. The molecule has 172 valence electrons. The topological polar surface area (TPSA) is 19.4 Å². The Morgan fingerprint density at radius 1 is 0.970 bits per heavy atom. The van der Waals surface area contributed by atoms with Gasteiger partial charge in [-0.05, 0) is 48.6 Å². The van der Waals surface area contributed by atoms with Crippen LogP contribution >= 0.6 is 11.6 Å². The van der Waals surface area contributed by atoms with Crippen molar-refractivity contribution in [2.24, 2.45) is 0 Å². The lowest BCUT2D eigenvalue weighted by atomic mass is 10.0. The first kappa shape index (κ1) is 23.4. The first-order chi connectivity index (χ1) is 16.0. The number of fused-ring (bicyclic) bond motifs is 1. The van der Waals surface area contributed by atoms with Crippen LogP contribution in [-0.4, -0.2) is 41.0 Å². The van der Waals surface area contributed by atoms with Crippen molar-refractivity contribution in [3.05, 3.63) is 83.5 Å². The second-order valence-electron chi connectivity index (χ2n) is 8.87. The van der Waals surface area contributed by atoms with Gasteiger partial charge in [0.1, 0.15) is 0 Å². The van der Waals surface area contributed by atoms with E-state index in [4.69, 9.17) is 16.6 Å². The van der Waals surface area contributed by atoms with Gasteiger partial charge in [0.2, 0.25) is 0 Å². The average Bonchev–Trinajstić information content (AvgIpc) is 2.86. The maximum Gasteiger partial charge on any atom is 0.0731 e. The fraction of sp³-hybridized carbons (Fsp3) is 0.345. The minimum absolute atomic E-state index is 0.730. The fourth-order valence-electron chi connectivity index (χ4n) is 4.48. The maximum absolute atomic E-state index is 6.66. The smallest absolute Gasteiger partial charge is 0.0731 e. The van der Waals surface area contributed by atoms with Gasteiger partial charge in [-0.15, -0.1) is 0 Å². The Bertz CT molecular complexity index is 1160. The summed E-state index contributed by atoms with van der Waals surface area (Å²) in [5, 5.41) is 1.70. The van der Waals surface area contributed by atoms with Gasteiger partial charge in [0.15, 0.2) is 0 Å². The fourth-order valence-corrected chi connectivity index (χ4v) is 4.74. The largest absolute Gasteiger partial charge is 0.372 e. The van der Waals surface area contributed by atoms with Crippen molar-refractivity contribution in [2.45, 2.75) is 39.5 Å². The zero-order valence-electron chi connectivity index (χ0n) is 19.9. The molecule has 3 nitrogen and oxygen atoms in total. The van der Waals surface area contributed by atoms with E-state index < -0.39 is 0 Å². The van der Waals surface area contributed by atoms with Crippen molar-refractivity contribution in [3.8, 4) is 11.3 Å². The van der Waals surface area contributed by atoms with Gasteiger partial charge in [-0.3, -0.25) is 0 Å². The number of pyridine rings is 1. The second kappa shape index (κ2) is 10.4. The van der Waals surface area contributed by atoms with Crippen molar-refractivity contribution in [1.82, 2.24) is 14.8 Å². The standard InChI is InChI=1S/C29H34ClN3/c1-5-7-9-21(3)32-14-16-33(17-15-32)22(4)24-12-13-26-27(30)20-28(31-29(26)19-24)25-11-8-10-23(6-2)18-25/h8,10-13,18-20H,3-7,9,14-17H2,1-2H3. The minimum Gasteiger partial charge on any atom is -0.372 e. The first-order valence-corrected chi connectivity index (χ1v) is 12.4. The van der Waals surface area contributed by atoms with E-state index >= 15 is 0 Å². The molecule has 1 aliphatic heterocycles. The molecule has 0 aliphatic carbocycles. The molecule has 4 rings (SSSR count). The highest BCUT2D eigenvalue weighted by Crippen LogP contribution is 2.31. The molecule has 1 aromatic heterocycles. The predicted molar refractivity (Wildman–Crippen MR) is 142 cm³/mol. The normalized spacial score (nSPS) is 14.0. The lowest BCUT2D eigenvalue weighted by molar-refractivity contribution is 0.209. The lowest BCUT2D eigenvalue weighted by Crippen LogP contribution is -2.44. The van der Waals surface area contributed by atoms with Crippen molar-refractivity contribution in [1.29, 1.82) is 0 Å². The number of piperazine rings is 1. The average molecular weight is 460 g/mol. The second-order valence-corrected chi connectivity index (χ2v) is 9.27. The van der Waals surface area contributed by atoms with E-state index in [1.807, 2.05) is 6.07 Å². The summed E-state index contributed by atoms with van der Waals surface area (Å²) in [7, 11) is 0. The molecule has 1 fully saturated rings. The van der Waals surface area contributed by atoms with Crippen molar-refractivity contribution < 1.29 is 0 Å². The molecule has 33 heavy (non-hydrogen) atoms. The van der Waals surface area contributed by atoms with Crippen LogP contribution in [0.1, 0.15) is 44.2 Å². The predicted octanol–water partition coefficient (Wildman–Crippen LogP) is 7.41.